The SMILES string of the molecule is CCCCCCCCCCCCC/C=C\CCCCCCCCC(O)C(=O)NC(CS(=O)(=O)O)C(O)/C=C/CCCCCCCCCCCCCCCCCCC. The van der Waals surface area contributed by atoms with Crippen molar-refractivity contribution in [3.63, 3.8) is 0 Å². The Morgan fingerprint density at radius 1 is 0.474 bits per heavy atom. The predicted molar refractivity (Wildman–Crippen MR) is 245 cm³/mol. The second-order valence-electron chi connectivity index (χ2n) is 17.2. The number of amides is 1. The highest BCUT2D eigenvalue weighted by Crippen LogP contribution is 2.16. The second-order valence-corrected chi connectivity index (χ2v) is 18.7. The van der Waals surface area contributed by atoms with E-state index in [2.05, 4.69) is 31.3 Å². The number of carbonyl (C=O) groups is 1. The lowest BCUT2D eigenvalue weighted by atomic mass is 10.0. The van der Waals surface area contributed by atoms with Crippen molar-refractivity contribution >= 4 is 16.0 Å². The van der Waals surface area contributed by atoms with Gasteiger partial charge in [-0.1, -0.05) is 237 Å². The molecule has 338 valence electrons. The van der Waals surface area contributed by atoms with Gasteiger partial charge in [0.05, 0.1) is 17.9 Å². The van der Waals surface area contributed by atoms with Gasteiger partial charge in [-0.3, -0.25) is 9.35 Å². The van der Waals surface area contributed by atoms with Crippen LogP contribution in [0.3, 0.4) is 0 Å². The van der Waals surface area contributed by atoms with Crippen LogP contribution in [-0.2, 0) is 14.9 Å². The fraction of sp³-hybridized carbons (Fsp3) is 0.898. The molecule has 0 aliphatic rings. The molecule has 0 bridgehead atoms. The number of unbranched alkanes of at least 4 members (excludes halogenated alkanes) is 34. The largest absolute Gasteiger partial charge is 0.387 e. The van der Waals surface area contributed by atoms with Crippen molar-refractivity contribution < 1.29 is 28.0 Å². The van der Waals surface area contributed by atoms with Crippen LogP contribution in [0.1, 0.15) is 258 Å². The van der Waals surface area contributed by atoms with Crippen LogP contribution in [0.5, 0.6) is 0 Å². The molecule has 0 aromatic rings. The third-order valence-corrected chi connectivity index (χ3v) is 12.3. The summed E-state index contributed by atoms with van der Waals surface area (Å²) in [7, 11) is -4.45. The molecule has 0 aromatic heterocycles. The highest BCUT2D eigenvalue weighted by Gasteiger charge is 2.27. The third kappa shape index (κ3) is 42.7. The van der Waals surface area contributed by atoms with Gasteiger partial charge in [0.2, 0.25) is 5.91 Å². The van der Waals surface area contributed by atoms with E-state index in [0.717, 1.165) is 44.9 Å². The number of allylic oxidation sites excluding steroid dienone is 3. The van der Waals surface area contributed by atoms with E-state index in [1.54, 1.807) is 0 Å². The van der Waals surface area contributed by atoms with Gasteiger partial charge >= 0.3 is 0 Å². The van der Waals surface area contributed by atoms with Crippen LogP contribution in [-0.4, -0.2) is 53.1 Å². The average Bonchev–Trinajstić information content (AvgIpc) is 3.18. The molecular weight excluding hydrogens is 731 g/mol. The van der Waals surface area contributed by atoms with Gasteiger partial charge in [0, 0.05) is 0 Å². The van der Waals surface area contributed by atoms with E-state index in [1.807, 2.05) is 6.08 Å². The Morgan fingerprint density at radius 2 is 0.772 bits per heavy atom. The molecular formula is C49H95NO6S. The Hall–Kier alpha value is -1.22. The normalized spacial score (nSPS) is 13.8. The number of hydrogen-bond donors (Lipinski definition) is 4. The van der Waals surface area contributed by atoms with Gasteiger partial charge in [0.15, 0.2) is 0 Å². The van der Waals surface area contributed by atoms with Crippen LogP contribution >= 0.6 is 0 Å². The molecule has 8 heteroatoms. The Kier molecular flexibility index (Phi) is 42.0. The van der Waals surface area contributed by atoms with Gasteiger partial charge in [0.1, 0.15) is 6.10 Å². The van der Waals surface area contributed by atoms with Crippen LogP contribution in [0.2, 0.25) is 0 Å². The number of aliphatic hydroxyl groups is 2. The van der Waals surface area contributed by atoms with Gasteiger partial charge in [-0.25, -0.2) is 0 Å². The standard InChI is InChI=1S/C49H95NO6S/c1-3-5-7-9-11-13-15-17-19-21-23-24-26-28-30-32-34-36-38-40-42-44-48(52)49(53)50-46(45-57(54,55)56)47(51)43-41-39-37-35-33-31-29-27-25-22-20-18-16-14-12-10-8-6-4-2/h26,28,41,43,46-48,51-52H,3-25,27,29-40,42,44-45H2,1-2H3,(H,50,53)(H,54,55,56)/b28-26-,43-41+. The Labute approximate surface area is 354 Å². The minimum absolute atomic E-state index is 0.275. The van der Waals surface area contributed by atoms with E-state index in [0.29, 0.717) is 6.42 Å². The van der Waals surface area contributed by atoms with Crippen molar-refractivity contribution in [1.29, 1.82) is 0 Å². The molecule has 3 atom stereocenters. The third-order valence-electron chi connectivity index (χ3n) is 11.5. The van der Waals surface area contributed by atoms with Crippen molar-refractivity contribution in [1.82, 2.24) is 5.32 Å². The molecule has 0 spiro atoms. The smallest absolute Gasteiger partial charge is 0.267 e. The molecule has 0 rings (SSSR count). The second kappa shape index (κ2) is 42.9. The van der Waals surface area contributed by atoms with E-state index in [1.165, 1.54) is 192 Å². The van der Waals surface area contributed by atoms with Gasteiger partial charge in [0.25, 0.3) is 10.1 Å². The molecule has 0 saturated carbocycles. The highest BCUT2D eigenvalue weighted by atomic mass is 32.2. The van der Waals surface area contributed by atoms with E-state index in [-0.39, 0.29) is 6.42 Å². The lowest BCUT2D eigenvalue weighted by Gasteiger charge is -2.22. The van der Waals surface area contributed by atoms with Crippen molar-refractivity contribution in [2.24, 2.45) is 0 Å². The predicted octanol–water partition coefficient (Wildman–Crippen LogP) is 14.1. The van der Waals surface area contributed by atoms with E-state index in [9.17, 15) is 28.0 Å². The van der Waals surface area contributed by atoms with Crippen LogP contribution in [0.25, 0.3) is 0 Å². The molecule has 0 aliphatic carbocycles. The summed E-state index contributed by atoms with van der Waals surface area (Å²) >= 11 is 0. The zero-order valence-corrected chi connectivity index (χ0v) is 38.4. The average molecular weight is 826 g/mol. The maximum Gasteiger partial charge on any atom is 0.267 e. The van der Waals surface area contributed by atoms with Crippen LogP contribution in [0, 0.1) is 0 Å². The van der Waals surface area contributed by atoms with Crippen molar-refractivity contribution in [3.05, 3.63) is 24.3 Å². The molecule has 1 amide bonds. The van der Waals surface area contributed by atoms with Crippen molar-refractivity contribution in [2.45, 2.75) is 276 Å². The number of hydrogen-bond acceptors (Lipinski definition) is 5. The number of aliphatic hydroxyl groups excluding tert-OH is 2. The number of carbonyl (C=O) groups excluding carboxylic acids is 1. The summed E-state index contributed by atoms with van der Waals surface area (Å²) in [5.74, 6) is -1.53. The van der Waals surface area contributed by atoms with Gasteiger partial charge in [-0.2, -0.15) is 8.42 Å². The summed E-state index contributed by atoms with van der Waals surface area (Å²) in [6.07, 6.45) is 52.4. The van der Waals surface area contributed by atoms with Gasteiger partial charge < -0.3 is 15.5 Å². The molecule has 3 unspecified atom stereocenters. The van der Waals surface area contributed by atoms with Crippen LogP contribution < -0.4 is 5.32 Å². The van der Waals surface area contributed by atoms with Gasteiger partial charge in [-0.15, -0.1) is 0 Å². The van der Waals surface area contributed by atoms with Crippen LogP contribution in [0.4, 0.5) is 0 Å². The fourth-order valence-electron chi connectivity index (χ4n) is 7.69. The summed E-state index contributed by atoms with van der Waals surface area (Å²) in [5, 5.41) is 23.5. The first kappa shape index (κ1) is 55.8. The molecule has 0 heterocycles. The Balaban J connectivity index is 3.92. The topological polar surface area (TPSA) is 124 Å². The summed E-state index contributed by atoms with van der Waals surface area (Å²) in [6, 6.07) is -1.23. The minimum Gasteiger partial charge on any atom is -0.387 e. The molecule has 0 aromatic carbocycles. The Bertz CT molecular complexity index is 1020. The Morgan fingerprint density at radius 3 is 1.11 bits per heavy atom. The fourth-order valence-corrected chi connectivity index (χ4v) is 8.42. The van der Waals surface area contributed by atoms with E-state index in [4.69, 9.17) is 0 Å². The van der Waals surface area contributed by atoms with Gasteiger partial charge in [-0.05, 0) is 44.9 Å². The monoisotopic (exact) mass is 826 g/mol. The lowest BCUT2D eigenvalue weighted by Crippen LogP contribution is -2.50. The molecule has 0 aliphatic heterocycles. The quantitative estimate of drug-likeness (QED) is 0.0275. The molecule has 4 N–H and O–H groups in total. The maximum atomic E-state index is 12.7. The number of rotatable bonds is 45. The minimum atomic E-state index is -4.45. The molecule has 0 radical (unpaired) electrons. The highest BCUT2D eigenvalue weighted by molar-refractivity contribution is 7.85. The summed E-state index contributed by atoms with van der Waals surface area (Å²) < 4.78 is 32.7. The molecule has 57 heavy (non-hydrogen) atoms. The lowest BCUT2D eigenvalue weighted by molar-refractivity contribution is -0.130. The first-order chi connectivity index (χ1) is 27.7. The maximum absolute atomic E-state index is 12.7. The molecule has 0 saturated heterocycles. The first-order valence-corrected chi connectivity index (χ1v) is 26.3. The van der Waals surface area contributed by atoms with Crippen molar-refractivity contribution in [2.75, 3.05) is 5.75 Å². The summed E-state index contributed by atoms with van der Waals surface area (Å²) in [6.45, 7) is 4.54. The summed E-state index contributed by atoms with van der Waals surface area (Å²) in [4.78, 5) is 12.7. The molecule has 7 nitrogen and oxygen atoms in total. The van der Waals surface area contributed by atoms with E-state index < -0.39 is 40.0 Å². The zero-order chi connectivity index (χ0) is 41.9. The van der Waals surface area contributed by atoms with Crippen LogP contribution in [0.15, 0.2) is 24.3 Å². The zero-order valence-electron chi connectivity index (χ0n) is 37.6. The number of nitrogens with one attached hydrogen (secondary N) is 1. The summed E-state index contributed by atoms with van der Waals surface area (Å²) in [5.41, 5.74) is 0. The first-order valence-electron chi connectivity index (χ1n) is 24.6. The van der Waals surface area contributed by atoms with E-state index >= 15 is 0 Å². The van der Waals surface area contributed by atoms with Crippen molar-refractivity contribution in [3.8, 4) is 0 Å². The molecule has 0 fully saturated rings.